The van der Waals surface area contributed by atoms with Crippen molar-refractivity contribution < 1.29 is 14.3 Å². The molecule has 0 bridgehead atoms. The topological polar surface area (TPSA) is 58.6 Å². The molecular formula is C24H44N2O3. The van der Waals surface area contributed by atoms with Gasteiger partial charge in [-0.15, -0.1) is 0 Å². The first-order chi connectivity index (χ1) is 13.3. The van der Waals surface area contributed by atoms with E-state index in [9.17, 15) is 9.59 Å². The van der Waals surface area contributed by atoms with E-state index in [1.807, 2.05) is 26.2 Å². The minimum Gasteiger partial charge on any atom is -0.463 e. The predicted molar refractivity (Wildman–Crippen MR) is 122 cm³/mol. The van der Waals surface area contributed by atoms with Crippen LogP contribution in [0.15, 0.2) is 23.8 Å². The quantitative estimate of drug-likeness (QED) is 0.330. The summed E-state index contributed by atoms with van der Waals surface area (Å²) in [7, 11) is 3.76. The molecule has 0 saturated heterocycles. The fourth-order valence-electron chi connectivity index (χ4n) is 3.34. The molecule has 1 unspecified atom stereocenters. The number of carbonyl (C=O) groups excluding carboxylic acids is 2. The Morgan fingerprint density at radius 1 is 1.07 bits per heavy atom. The summed E-state index contributed by atoms with van der Waals surface area (Å²) < 4.78 is 5.09. The molecule has 0 saturated carbocycles. The Morgan fingerprint density at radius 3 is 2.00 bits per heavy atom. The van der Waals surface area contributed by atoms with Crippen molar-refractivity contribution in [1.29, 1.82) is 0 Å². The summed E-state index contributed by atoms with van der Waals surface area (Å²) in [6.07, 6.45) is 6.00. The zero-order valence-electron chi connectivity index (χ0n) is 20.5. The maximum absolute atomic E-state index is 13.4. The molecule has 5 heteroatoms. The van der Waals surface area contributed by atoms with E-state index in [0.29, 0.717) is 12.2 Å². The van der Waals surface area contributed by atoms with E-state index in [-0.39, 0.29) is 47.1 Å². The van der Waals surface area contributed by atoms with Crippen molar-refractivity contribution in [2.24, 2.45) is 23.2 Å². The average molecular weight is 409 g/mol. The third-order valence-electron chi connectivity index (χ3n) is 5.25. The molecular weight excluding hydrogens is 364 g/mol. The summed E-state index contributed by atoms with van der Waals surface area (Å²) in [6, 6.07) is -0.00187. The van der Waals surface area contributed by atoms with Crippen LogP contribution in [0.2, 0.25) is 0 Å². The Kier molecular flexibility index (Phi) is 11.5. The second-order valence-electron chi connectivity index (χ2n) is 9.54. The number of nitrogens with zero attached hydrogens (tertiary/aromatic N) is 1. The van der Waals surface area contributed by atoms with Crippen LogP contribution in [0.1, 0.15) is 62.3 Å². The van der Waals surface area contributed by atoms with Crippen LogP contribution in [-0.4, -0.2) is 49.6 Å². The SMILES string of the molecule is CCOC(=O)/C(C)=C/[C@H](C(C)C)N(C)C(=O)C(/C=C/[C@@H](NC)C(C)(C)C)C(C)C. The highest BCUT2D eigenvalue weighted by Crippen LogP contribution is 2.24. The smallest absolute Gasteiger partial charge is 0.333 e. The standard InChI is InChI=1S/C24H44N2O3/c1-12-29-23(28)18(6)15-20(17(4)5)26(11)22(27)19(16(2)3)13-14-21(25-10)24(7,8)9/h13-17,19-21,25H,12H2,1-11H3/b14-13+,18-15+/t19?,20-,21-/m1/s1. The number of nitrogens with one attached hydrogen (secondary N) is 1. The van der Waals surface area contributed by atoms with Crippen molar-refractivity contribution in [3.8, 4) is 0 Å². The van der Waals surface area contributed by atoms with Gasteiger partial charge in [0.05, 0.1) is 18.6 Å². The van der Waals surface area contributed by atoms with Crippen LogP contribution in [0.4, 0.5) is 0 Å². The second kappa shape index (κ2) is 12.2. The van der Waals surface area contributed by atoms with E-state index in [1.54, 1.807) is 18.7 Å². The van der Waals surface area contributed by atoms with E-state index >= 15 is 0 Å². The first-order valence-electron chi connectivity index (χ1n) is 10.8. The van der Waals surface area contributed by atoms with Gasteiger partial charge in [-0.3, -0.25) is 4.79 Å². The van der Waals surface area contributed by atoms with E-state index in [1.165, 1.54) is 0 Å². The van der Waals surface area contributed by atoms with Gasteiger partial charge in [-0.25, -0.2) is 4.79 Å². The summed E-state index contributed by atoms with van der Waals surface area (Å²) in [5, 5.41) is 3.32. The molecule has 168 valence electrons. The average Bonchev–Trinajstić information content (AvgIpc) is 2.60. The molecule has 29 heavy (non-hydrogen) atoms. The maximum Gasteiger partial charge on any atom is 0.333 e. The molecule has 0 spiro atoms. The number of carbonyl (C=O) groups is 2. The zero-order valence-corrected chi connectivity index (χ0v) is 20.5. The molecule has 1 N–H and O–H groups in total. The molecule has 0 aliphatic heterocycles. The van der Waals surface area contributed by atoms with Gasteiger partial charge in [0.1, 0.15) is 0 Å². The van der Waals surface area contributed by atoms with Gasteiger partial charge in [0, 0.05) is 18.7 Å². The normalized spacial score (nSPS) is 16.2. The second-order valence-corrected chi connectivity index (χ2v) is 9.54. The molecule has 5 nitrogen and oxygen atoms in total. The highest BCUT2D eigenvalue weighted by atomic mass is 16.5. The van der Waals surface area contributed by atoms with E-state index in [0.717, 1.165) is 0 Å². The third kappa shape index (κ3) is 8.73. The fourth-order valence-corrected chi connectivity index (χ4v) is 3.34. The lowest BCUT2D eigenvalue weighted by molar-refractivity contribution is -0.139. The molecule has 0 aromatic carbocycles. The summed E-state index contributed by atoms with van der Waals surface area (Å²) >= 11 is 0. The van der Waals surface area contributed by atoms with Crippen molar-refractivity contribution >= 4 is 11.9 Å². The fraction of sp³-hybridized carbons (Fsp3) is 0.750. The minimum atomic E-state index is -0.332. The highest BCUT2D eigenvalue weighted by molar-refractivity contribution is 5.88. The minimum absolute atomic E-state index is 0.0572. The van der Waals surface area contributed by atoms with Crippen LogP contribution < -0.4 is 5.32 Å². The summed E-state index contributed by atoms with van der Waals surface area (Å²) in [5.74, 6) is -0.157. The lowest BCUT2D eigenvalue weighted by Crippen LogP contribution is -2.44. The summed E-state index contributed by atoms with van der Waals surface area (Å²) in [4.78, 5) is 27.2. The van der Waals surface area contributed by atoms with E-state index in [2.05, 4.69) is 59.9 Å². The molecule has 0 aromatic rings. The Balaban J connectivity index is 5.71. The molecule has 0 aromatic heterocycles. The number of hydrogen-bond donors (Lipinski definition) is 1. The Hall–Kier alpha value is -1.62. The maximum atomic E-state index is 13.4. The first-order valence-corrected chi connectivity index (χ1v) is 10.8. The van der Waals surface area contributed by atoms with Gasteiger partial charge in [-0.2, -0.15) is 0 Å². The Labute approximate surface area is 178 Å². The molecule has 1 amide bonds. The van der Waals surface area contributed by atoms with Crippen LogP contribution in [0, 0.1) is 23.2 Å². The van der Waals surface area contributed by atoms with Crippen LogP contribution >= 0.6 is 0 Å². The predicted octanol–water partition coefficient (Wildman–Crippen LogP) is 4.44. The number of rotatable bonds is 10. The van der Waals surface area contributed by atoms with Crippen molar-refractivity contribution in [1.82, 2.24) is 10.2 Å². The number of likely N-dealkylation sites (N-methyl/N-ethyl adjacent to an activating group) is 2. The zero-order chi connectivity index (χ0) is 22.9. The van der Waals surface area contributed by atoms with Gasteiger partial charge in [-0.1, -0.05) is 66.7 Å². The van der Waals surface area contributed by atoms with Gasteiger partial charge in [0.15, 0.2) is 0 Å². The Morgan fingerprint density at radius 2 is 1.62 bits per heavy atom. The molecule has 0 aliphatic rings. The molecule has 0 fully saturated rings. The number of esters is 1. The van der Waals surface area contributed by atoms with Crippen molar-refractivity contribution in [3.05, 3.63) is 23.8 Å². The van der Waals surface area contributed by atoms with Crippen LogP contribution in [0.3, 0.4) is 0 Å². The molecule has 0 radical (unpaired) electrons. The van der Waals surface area contributed by atoms with Gasteiger partial charge >= 0.3 is 5.97 Å². The first kappa shape index (κ1) is 27.4. The highest BCUT2D eigenvalue weighted by Gasteiger charge is 2.29. The number of hydrogen-bond acceptors (Lipinski definition) is 4. The van der Waals surface area contributed by atoms with Gasteiger partial charge in [0.25, 0.3) is 0 Å². The molecule has 0 rings (SSSR count). The van der Waals surface area contributed by atoms with E-state index < -0.39 is 0 Å². The van der Waals surface area contributed by atoms with Gasteiger partial charge in [-0.05, 0) is 38.1 Å². The van der Waals surface area contributed by atoms with Crippen molar-refractivity contribution in [2.45, 2.75) is 74.4 Å². The largest absolute Gasteiger partial charge is 0.463 e. The molecule has 0 aliphatic carbocycles. The number of amides is 1. The van der Waals surface area contributed by atoms with Crippen LogP contribution in [0.5, 0.6) is 0 Å². The lowest BCUT2D eigenvalue weighted by atomic mass is 9.84. The third-order valence-corrected chi connectivity index (χ3v) is 5.25. The van der Waals surface area contributed by atoms with Crippen molar-refractivity contribution in [2.75, 3.05) is 20.7 Å². The van der Waals surface area contributed by atoms with Crippen LogP contribution in [0.25, 0.3) is 0 Å². The van der Waals surface area contributed by atoms with Gasteiger partial charge < -0.3 is 15.0 Å². The Bertz CT molecular complexity index is 585. The molecule has 0 heterocycles. The summed E-state index contributed by atoms with van der Waals surface area (Å²) in [5.41, 5.74) is 0.589. The monoisotopic (exact) mass is 408 g/mol. The lowest BCUT2D eigenvalue weighted by Gasteiger charge is -2.33. The number of ether oxygens (including phenoxy) is 1. The van der Waals surface area contributed by atoms with Crippen LogP contribution in [-0.2, 0) is 14.3 Å². The summed E-state index contributed by atoms with van der Waals surface area (Å²) in [6.45, 7) is 18.6. The van der Waals surface area contributed by atoms with Gasteiger partial charge in [0.2, 0.25) is 5.91 Å². The van der Waals surface area contributed by atoms with E-state index in [4.69, 9.17) is 4.74 Å². The van der Waals surface area contributed by atoms with Crippen molar-refractivity contribution in [3.63, 3.8) is 0 Å². The molecule has 3 atom stereocenters.